The molecule has 0 aliphatic rings. The maximum absolute atomic E-state index is 12.8. The molecule has 3 rings (SSSR count). The maximum atomic E-state index is 12.8. The van der Waals surface area contributed by atoms with Crippen LogP contribution in [0.3, 0.4) is 0 Å². The zero-order valence-corrected chi connectivity index (χ0v) is 15.4. The smallest absolute Gasteiger partial charge is 0.162 e. The molecule has 0 amide bonds. The summed E-state index contributed by atoms with van der Waals surface area (Å²) >= 11 is 6.43. The Labute approximate surface area is 151 Å². The number of nitrogens with zero attached hydrogens (tertiary/aromatic N) is 4. The van der Waals surface area contributed by atoms with Crippen molar-refractivity contribution < 1.29 is 8.42 Å². The number of rotatable bonds is 5. The van der Waals surface area contributed by atoms with Gasteiger partial charge in [-0.1, -0.05) is 29.8 Å². The number of halogens is 1. The van der Waals surface area contributed by atoms with Crippen LogP contribution in [0.1, 0.15) is 29.1 Å². The molecule has 0 fully saturated rings. The van der Waals surface area contributed by atoms with Crippen molar-refractivity contribution in [3.63, 3.8) is 0 Å². The summed E-state index contributed by atoms with van der Waals surface area (Å²) in [6, 6.07) is 9.35. The molecule has 2 heterocycles. The summed E-state index contributed by atoms with van der Waals surface area (Å²) in [5, 5.41) is 3.91. The van der Waals surface area contributed by atoms with Gasteiger partial charge in [-0.2, -0.15) is 5.10 Å². The van der Waals surface area contributed by atoms with Crippen molar-refractivity contribution in [2.45, 2.75) is 24.9 Å². The standard InChI is InChI=1S/C17H17ClN4O2S/c1-12-15(17(18)22(21-12)14-6-4-3-5-7-14)11-25(23,24)13(2)16-10-19-8-9-20-16/h3-10,13H,11H2,1-2H3/t13-/m1/s1. The van der Waals surface area contributed by atoms with Crippen molar-refractivity contribution in [3.05, 3.63) is 71.0 Å². The first-order chi connectivity index (χ1) is 11.9. The van der Waals surface area contributed by atoms with Gasteiger partial charge in [0.1, 0.15) is 10.4 Å². The number of para-hydroxylation sites is 1. The van der Waals surface area contributed by atoms with E-state index in [-0.39, 0.29) is 5.75 Å². The minimum atomic E-state index is -3.52. The fourth-order valence-corrected chi connectivity index (χ4v) is 4.37. The molecule has 0 bridgehead atoms. The Balaban J connectivity index is 1.94. The first-order valence-electron chi connectivity index (χ1n) is 7.67. The van der Waals surface area contributed by atoms with E-state index in [0.29, 0.717) is 22.1 Å². The Morgan fingerprint density at radius 1 is 1.20 bits per heavy atom. The topological polar surface area (TPSA) is 77.7 Å². The lowest BCUT2D eigenvalue weighted by Crippen LogP contribution is -2.14. The molecule has 130 valence electrons. The first-order valence-corrected chi connectivity index (χ1v) is 9.76. The number of aromatic nitrogens is 4. The van der Waals surface area contributed by atoms with Crippen molar-refractivity contribution in [1.82, 2.24) is 19.7 Å². The average molecular weight is 377 g/mol. The van der Waals surface area contributed by atoms with E-state index < -0.39 is 15.1 Å². The van der Waals surface area contributed by atoms with Crippen LogP contribution in [0.25, 0.3) is 5.69 Å². The van der Waals surface area contributed by atoms with Gasteiger partial charge in [0.2, 0.25) is 0 Å². The summed E-state index contributed by atoms with van der Waals surface area (Å²) in [7, 11) is -3.52. The van der Waals surface area contributed by atoms with Crippen LogP contribution in [0, 0.1) is 6.92 Å². The molecule has 0 unspecified atom stereocenters. The van der Waals surface area contributed by atoms with Gasteiger partial charge in [0.25, 0.3) is 0 Å². The van der Waals surface area contributed by atoms with E-state index in [0.717, 1.165) is 5.69 Å². The van der Waals surface area contributed by atoms with E-state index in [1.54, 1.807) is 18.5 Å². The highest BCUT2D eigenvalue weighted by atomic mass is 35.5. The lowest BCUT2D eigenvalue weighted by Gasteiger charge is -2.12. The van der Waals surface area contributed by atoms with Gasteiger partial charge in [-0.25, -0.2) is 13.1 Å². The van der Waals surface area contributed by atoms with Crippen LogP contribution in [0.5, 0.6) is 0 Å². The third-order valence-electron chi connectivity index (χ3n) is 4.01. The number of hydrogen-bond acceptors (Lipinski definition) is 5. The van der Waals surface area contributed by atoms with Crippen molar-refractivity contribution in [2.75, 3.05) is 0 Å². The average Bonchev–Trinajstić information content (AvgIpc) is 2.90. The molecule has 3 aromatic rings. The number of hydrogen-bond donors (Lipinski definition) is 0. The van der Waals surface area contributed by atoms with Gasteiger partial charge in [-0.15, -0.1) is 0 Å². The molecule has 1 atom stereocenters. The molecule has 0 saturated carbocycles. The van der Waals surface area contributed by atoms with Gasteiger partial charge in [0, 0.05) is 24.2 Å². The van der Waals surface area contributed by atoms with E-state index in [1.807, 2.05) is 30.3 Å². The van der Waals surface area contributed by atoms with E-state index >= 15 is 0 Å². The molecule has 0 spiro atoms. The van der Waals surface area contributed by atoms with E-state index in [1.165, 1.54) is 18.6 Å². The Morgan fingerprint density at radius 3 is 2.56 bits per heavy atom. The predicted molar refractivity (Wildman–Crippen MR) is 96.4 cm³/mol. The Morgan fingerprint density at radius 2 is 1.92 bits per heavy atom. The minimum absolute atomic E-state index is 0.206. The van der Waals surface area contributed by atoms with E-state index in [9.17, 15) is 8.42 Å². The highest BCUT2D eigenvalue weighted by Crippen LogP contribution is 2.29. The maximum Gasteiger partial charge on any atom is 0.162 e. The Hall–Kier alpha value is -2.25. The molecule has 0 saturated heterocycles. The van der Waals surface area contributed by atoms with Gasteiger partial charge in [-0.3, -0.25) is 9.97 Å². The molecule has 0 radical (unpaired) electrons. The van der Waals surface area contributed by atoms with Gasteiger partial charge >= 0.3 is 0 Å². The van der Waals surface area contributed by atoms with Crippen molar-refractivity contribution >= 4 is 21.4 Å². The molecular formula is C17H17ClN4O2S. The van der Waals surface area contributed by atoms with Crippen LogP contribution < -0.4 is 0 Å². The summed E-state index contributed by atoms with van der Waals surface area (Å²) in [5.41, 5.74) is 2.28. The first kappa shape index (κ1) is 17.6. The molecule has 1 aromatic carbocycles. The SMILES string of the molecule is Cc1nn(-c2ccccc2)c(Cl)c1CS(=O)(=O)[C@H](C)c1cnccn1. The third-order valence-corrected chi connectivity index (χ3v) is 6.40. The Bertz CT molecular complexity index is 973. The lowest BCUT2D eigenvalue weighted by atomic mass is 10.3. The van der Waals surface area contributed by atoms with Crippen molar-refractivity contribution in [1.29, 1.82) is 0 Å². The normalized spacial score (nSPS) is 12.9. The molecule has 0 aliphatic carbocycles. The second kappa shape index (κ2) is 6.93. The quantitative estimate of drug-likeness (QED) is 0.682. The van der Waals surface area contributed by atoms with Gasteiger partial charge < -0.3 is 0 Å². The summed E-state index contributed by atoms with van der Waals surface area (Å²) in [6.45, 7) is 3.35. The predicted octanol–water partition coefficient (Wildman–Crippen LogP) is 3.30. The minimum Gasteiger partial charge on any atom is -0.261 e. The van der Waals surface area contributed by atoms with Crippen molar-refractivity contribution in [2.24, 2.45) is 0 Å². The Kier molecular flexibility index (Phi) is 4.87. The van der Waals surface area contributed by atoms with E-state index in [2.05, 4.69) is 15.1 Å². The highest BCUT2D eigenvalue weighted by Gasteiger charge is 2.28. The van der Waals surface area contributed by atoms with Crippen LogP contribution in [0.4, 0.5) is 0 Å². The fraction of sp³-hybridized carbons (Fsp3) is 0.235. The van der Waals surface area contributed by atoms with Gasteiger partial charge in [-0.05, 0) is 26.0 Å². The lowest BCUT2D eigenvalue weighted by molar-refractivity contribution is 0.583. The number of aryl methyl sites for hydroxylation is 1. The molecule has 6 nitrogen and oxygen atoms in total. The summed E-state index contributed by atoms with van der Waals surface area (Å²) < 4.78 is 27.1. The van der Waals surface area contributed by atoms with Crippen molar-refractivity contribution in [3.8, 4) is 5.69 Å². The van der Waals surface area contributed by atoms with Crippen LogP contribution >= 0.6 is 11.6 Å². The van der Waals surface area contributed by atoms with Gasteiger partial charge in [0.05, 0.1) is 22.8 Å². The second-order valence-electron chi connectivity index (χ2n) is 5.68. The van der Waals surface area contributed by atoms with Crippen LogP contribution in [-0.2, 0) is 15.6 Å². The molecule has 0 aliphatic heterocycles. The van der Waals surface area contributed by atoms with E-state index in [4.69, 9.17) is 11.6 Å². The second-order valence-corrected chi connectivity index (χ2v) is 8.36. The molecule has 2 aromatic heterocycles. The van der Waals surface area contributed by atoms with Crippen LogP contribution in [0.2, 0.25) is 5.15 Å². The molecule has 0 N–H and O–H groups in total. The zero-order valence-electron chi connectivity index (χ0n) is 13.8. The molecule has 8 heteroatoms. The number of benzene rings is 1. The zero-order chi connectivity index (χ0) is 18.0. The fourth-order valence-electron chi connectivity index (χ4n) is 2.47. The van der Waals surface area contributed by atoms with Crippen LogP contribution in [-0.4, -0.2) is 28.2 Å². The summed E-state index contributed by atoms with van der Waals surface area (Å²) in [6.07, 6.45) is 4.45. The summed E-state index contributed by atoms with van der Waals surface area (Å²) in [4.78, 5) is 8.02. The van der Waals surface area contributed by atoms with Gasteiger partial charge in [0.15, 0.2) is 9.84 Å². The monoisotopic (exact) mass is 376 g/mol. The summed E-state index contributed by atoms with van der Waals surface area (Å²) in [5.74, 6) is -0.206. The number of sulfone groups is 1. The third kappa shape index (κ3) is 3.57. The molecule has 25 heavy (non-hydrogen) atoms. The molecular weight excluding hydrogens is 360 g/mol. The highest BCUT2D eigenvalue weighted by molar-refractivity contribution is 7.90. The van der Waals surface area contributed by atoms with Crippen LogP contribution in [0.15, 0.2) is 48.9 Å². The largest absolute Gasteiger partial charge is 0.261 e.